The van der Waals surface area contributed by atoms with Crippen molar-refractivity contribution in [2.24, 2.45) is 0 Å². The number of carbonyl (C=O) groups excluding carboxylic acids is 1. The van der Waals surface area contributed by atoms with E-state index in [0.29, 0.717) is 28.5 Å². The Hall–Kier alpha value is -3.39. The molecule has 3 heterocycles. The van der Waals surface area contributed by atoms with Crippen LogP contribution >= 0.6 is 11.8 Å². The molecule has 0 spiro atoms. The maximum Gasteiger partial charge on any atom is 0.265 e. The molecular weight excluding hydrogens is 434 g/mol. The summed E-state index contributed by atoms with van der Waals surface area (Å²) in [5, 5.41) is 8.53. The van der Waals surface area contributed by atoms with Crippen LogP contribution in [-0.2, 0) is 11.3 Å². The lowest BCUT2D eigenvalue weighted by atomic mass is 10.1. The van der Waals surface area contributed by atoms with Crippen LogP contribution in [0.5, 0.6) is 0 Å². The van der Waals surface area contributed by atoms with E-state index in [1.165, 1.54) is 22.9 Å². The topological polar surface area (TPSA) is 81.8 Å². The first-order valence-electron chi connectivity index (χ1n) is 10.9. The average molecular weight is 460 g/mol. The van der Waals surface area contributed by atoms with Crippen LogP contribution in [0, 0.1) is 20.8 Å². The highest BCUT2D eigenvalue weighted by Crippen LogP contribution is 2.33. The first kappa shape index (κ1) is 21.5. The van der Waals surface area contributed by atoms with Crippen LogP contribution in [-0.4, -0.2) is 31.0 Å². The number of benzene rings is 2. The van der Waals surface area contributed by atoms with Crippen LogP contribution in [0.25, 0.3) is 16.7 Å². The summed E-state index contributed by atoms with van der Waals surface area (Å²) >= 11 is 1.51. The molecule has 1 amide bonds. The van der Waals surface area contributed by atoms with E-state index in [2.05, 4.69) is 16.5 Å². The number of rotatable bonds is 5. The van der Waals surface area contributed by atoms with Crippen molar-refractivity contribution in [1.29, 1.82) is 0 Å². The Bertz CT molecular complexity index is 1420. The molecule has 0 aliphatic carbocycles. The molecule has 4 aromatic rings. The fourth-order valence-corrected chi connectivity index (χ4v) is 5.32. The second kappa shape index (κ2) is 8.51. The van der Waals surface area contributed by atoms with E-state index in [1.807, 2.05) is 57.2 Å². The van der Waals surface area contributed by atoms with Crippen molar-refractivity contribution in [3.8, 4) is 5.69 Å². The second-order valence-corrected chi connectivity index (χ2v) is 9.57. The lowest BCUT2D eigenvalue weighted by molar-refractivity contribution is -0.121. The van der Waals surface area contributed by atoms with Gasteiger partial charge in [0, 0.05) is 18.7 Å². The molecule has 5 rings (SSSR count). The van der Waals surface area contributed by atoms with Crippen molar-refractivity contribution in [1.82, 2.24) is 24.6 Å². The zero-order valence-electron chi connectivity index (χ0n) is 18.8. The summed E-state index contributed by atoms with van der Waals surface area (Å²) in [6.45, 7) is 6.58. The van der Waals surface area contributed by atoms with Gasteiger partial charge < -0.3 is 5.32 Å². The van der Waals surface area contributed by atoms with Crippen molar-refractivity contribution in [3.05, 3.63) is 81.3 Å². The van der Waals surface area contributed by atoms with Gasteiger partial charge in [0.1, 0.15) is 5.39 Å². The molecule has 0 saturated heterocycles. The van der Waals surface area contributed by atoms with Gasteiger partial charge in [-0.25, -0.2) is 9.67 Å². The number of carbonyl (C=O) groups is 1. The average Bonchev–Trinajstić information content (AvgIpc) is 3.38. The van der Waals surface area contributed by atoms with E-state index in [4.69, 9.17) is 4.98 Å². The van der Waals surface area contributed by atoms with Crippen molar-refractivity contribution >= 4 is 28.7 Å². The van der Waals surface area contributed by atoms with Gasteiger partial charge in [0.15, 0.2) is 10.8 Å². The fraction of sp³-hybridized carbons (Fsp3) is 0.280. The highest BCUT2D eigenvalue weighted by Gasteiger charge is 2.29. The molecule has 168 valence electrons. The van der Waals surface area contributed by atoms with Gasteiger partial charge in [-0.15, -0.1) is 0 Å². The van der Waals surface area contributed by atoms with Crippen LogP contribution in [0.1, 0.15) is 34.7 Å². The normalized spacial score (nSPS) is 15.1. The molecule has 0 saturated carbocycles. The molecule has 1 N–H and O–H groups in total. The molecule has 2 aromatic carbocycles. The highest BCUT2D eigenvalue weighted by molar-refractivity contribution is 7.99. The monoisotopic (exact) mass is 459 g/mol. The largest absolute Gasteiger partial charge is 0.352 e. The van der Waals surface area contributed by atoms with Gasteiger partial charge in [-0.1, -0.05) is 59.3 Å². The molecule has 1 aliphatic heterocycles. The van der Waals surface area contributed by atoms with Crippen molar-refractivity contribution in [2.45, 2.75) is 44.9 Å². The Morgan fingerprint density at radius 3 is 2.64 bits per heavy atom. The van der Waals surface area contributed by atoms with E-state index in [0.717, 1.165) is 16.8 Å². The molecule has 7 nitrogen and oxygen atoms in total. The molecular formula is C25H25N5O2S. The van der Waals surface area contributed by atoms with Crippen LogP contribution in [0.2, 0.25) is 0 Å². The van der Waals surface area contributed by atoms with Crippen LogP contribution in [0.15, 0.2) is 58.6 Å². The number of hydrogen-bond donors (Lipinski definition) is 1. The minimum Gasteiger partial charge on any atom is -0.352 e. The van der Waals surface area contributed by atoms with Gasteiger partial charge in [0.2, 0.25) is 5.91 Å². The van der Waals surface area contributed by atoms with Gasteiger partial charge in [0.25, 0.3) is 5.56 Å². The van der Waals surface area contributed by atoms with Crippen LogP contribution < -0.4 is 10.9 Å². The Morgan fingerprint density at radius 1 is 1.12 bits per heavy atom. The van der Waals surface area contributed by atoms with E-state index < -0.39 is 0 Å². The van der Waals surface area contributed by atoms with Crippen molar-refractivity contribution in [2.75, 3.05) is 5.75 Å². The summed E-state index contributed by atoms with van der Waals surface area (Å²) in [6.07, 6.45) is 1.82. The predicted octanol–water partition coefficient (Wildman–Crippen LogP) is 3.86. The summed E-state index contributed by atoms with van der Waals surface area (Å²) in [6, 6.07) is 14.0. The first-order valence-corrected chi connectivity index (χ1v) is 11.9. The molecule has 2 aromatic heterocycles. The minimum atomic E-state index is -0.225. The molecule has 0 fully saturated rings. The SMILES string of the molecule is Cc1ccc(CNC(=O)CC2CSc3nc4c(cnn4-c4ccc(C)cc4C)c(=O)n32)cc1. The van der Waals surface area contributed by atoms with Gasteiger partial charge in [-0.3, -0.25) is 14.2 Å². The quantitative estimate of drug-likeness (QED) is 0.458. The molecule has 8 heteroatoms. The van der Waals surface area contributed by atoms with Gasteiger partial charge in [-0.05, 0) is 38.0 Å². The molecule has 1 atom stereocenters. The summed E-state index contributed by atoms with van der Waals surface area (Å²) < 4.78 is 3.39. The van der Waals surface area contributed by atoms with Crippen molar-refractivity contribution in [3.63, 3.8) is 0 Å². The Kier molecular flexibility index (Phi) is 5.54. The standard InChI is InChI=1S/C25H25N5O2S/c1-15-4-7-18(8-5-15)12-26-22(31)11-19-14-33-25-28-23-20(24(32)29(19)25)13-27-30(23)21-9-6-16(2)10-17(21)3/h4-10,13,19H,11-12,14H2,1-3H3,(H,26,31). The minimum absolute atomic E-state index is 0.0769. The molecule has 1 aliphatic rings. The third kappa shape index (κ3) is 4.06. The summed E-state index contributed by atoms with van der Waals surface area (Å²) in [5.41, 5.74) is 5.78. The molecule has 0 bridgehead atoms. The third-order valence-corrected chi connectivity index (χ3v) is 7.08. The van der Waals surface area contributed by atoms with E-state index in [1.54, 1.807) is 15.4 Å². The number of nitrogens with one attached hydrogen (secondary N) is 1. The second-order valence-electron chi connectivity index (χ2n) is 8.58. The van der Waals surface area contributed by atoms with Gasteiger partial charge in [0.05, 0.1) is 17.9 Å². The zero-order valence-corrected chi connectivity index (χ0v) is 19.6. The van der Waals surface area contributed by atoms with Crippen molar-refractivity contribution < 1.29 is 4.79 Å². The smallest absolute Gasteiger partial charge is 0.265 e. The highest BCUT2D eigenvalue weighted by atomic mass is 32.2. The number of hydrogen-bond acceptors (Lipinski definition) is 5. The molecule has 33 heavy (non-hydrogen) atoms. The van der Waals surface area contributed by atoms with Gasteiger partial charge in [-0.2, -0.15) is 5.10 Å². The number of nitrogens with zero attached hydrogens (tertiary/aromatic N) is 4. The number of fused-ring (bicyclic) bond motifs is 2. The predicted molar refractivity (Wildman–Crippen MR) is 130 cm³/mol. The number of aromatic nitrogens is 4. The Labute approximate surface area is 195 Å². The molecule has 1 unspecified atom stereocenters. The summed E-state index contributed by atoms with van der Waals surface area (Å²) in [5.74, 6) is 0.566. The maximum atomic E-state index is 13.3. The number of aryl methyl sites for hydroxylation is 3. The van der Waals surface area contributed by atoms with E-state index in [9.17, 15) is 9.59 Å². The number of amides is 1. The van der Waals surface area contributed by atoms with E-state index >= 15 is 0 Å². The lowest BCUT2D eigenvalue weighted by Gasteiger charge is -2.14. The van der Waals surface area contributed by atoms with Crippen LogP contribution in [0.3, 0.4) is 0 Å². The number of thioether (sulfide) groups is 1. The maximum absolute atomic E-state index is 13.3. The molecule has 0 radical (unpaired) electrons. The van der Waals surface area contributed by atoms with E-state index in [-0.39, 0.29) is 23.9 Å². The summed E-state index contributed by atoms with van der Waals surface area (Å²) in [4.78, 5) is 30.7. The first-order chi connectivity index (χ1) is 15.9. The Morgan fingerprint density at radius 2 is 1.88 bits per heavy atom. The fourth-order valence-electron chi connectivity index (χ4n) is 4.19. The summed E-state index contributed by atoms with van der Waals surface area (Å²) in [7, 11) is 0. The third-order valence-electron chi connectivity index (χ3n) is 5.98. The lowest BCUT2D eigenvalue weighted by Crippen LogP contribution is -2.30. The van der Waals surface area contributed by atoms with Gasteiger partial charge >= 0.3 is 0 Å². The van der Waals surface area contributed by atoms with Crippen LogP contribution in [0.4, 0.5) is 0 Å². The Balaban J connectivity index is 1.39. The zero-order chi connectivity index (χ0) is 23.1.